The molecule has 2 aromatic carbocycles. The van der Waals surface area contributed by atoms with Crippen molar-refractivity contribution in [3.05, 3.63) is 65.1 Å². The van der Waals surface area contributed by atoms with Crippen molar-refractivity contribution in [1.29, 1.82) is 5.26 Å². The van der Waals surface area contributed by atoms with Crippen LogP contribution in [0.3, 0.4) is 0 Å². The number of rotatable bonds is 4. The number of carbonyl (C=O) groups excluding carboxylic acids is 1. The minimum atomic E-state index is -0.562. The van der Waals surface area contributed by atoms with E-state index in [1.54, 1.807) is 0 Å². The Kier molecular flexibility index (Phi) is 5.56. The number of nitrogens with one attached hydrogen (secondary N) is 2. The van der Waals surface area contributed by atoms with Crippen LogP contribution in [0, 0.1) is 17.1 Å². The quantitative estimate of drug-likeness (QED) is 0.641. The first-order chi connectivity index (χ1) is 14.4. The summed E-state index contributed by atoms with van der Waals surface area (Å²) >= 11 is 0. The summed E-state index contributed by atoms with van der Waals surface area (Å²) in [5.41, 5.74) is 3.00. The Balaban J connectivity index is 1.54. The van der Waals surface area contributed by atoms with Crippen LogP contribution in [0.5, 0.6) is 0 Å². The first-order valence-corrected chi connectivity index (χ1v) is 10.3. The SMILES string of the molecule is CC(C)N1CCCC(c2ccc3[nH]c(C(=O)Nc4cc(F)cc(C#N)c4)cc3c2)C1. The van der Waals surface area contributed by atoms with E-state index < -0.39 is 5.82 Å². The van der Waals surface area contributed by atoms with E-state index in [9.17, 15) is 9.18 Å². The molecule has 0 saturated carbocycles. The van der Waals surface area contributed by atoms with Gasteiger partial charge in [-0.05, 0) is 81.1 Å². The van der Waals surface area contributed by atoms with Crippen LogP contribution < -0.4 is 5.32 Å². The Morgan fingerprint density at radius 1 is 1.27 bits per heavy atom. The lowest BCUT2D eigenvalue weighted by Gasteiger charge is -2.35. The van der Waals surface area contributed by atoms with Crippen molar-refractivity contribution >= 4 is 22.5 Å². The minimum absolute atomic E-state index is 0.162. The number of benzene rings is 2. The summed E-state index contributed by atoms with van der Waals surface area (Å²) < 4.78 is 13.6. The van der Waals surface area contributed by atoms with Crippen molar-refractivity contribution < 1.29 is 9.18 Å². The second kappa shape index (κ2) is 8.29. The summed E-state index contributed by atoms with van der Waals surface area (Å²) in [6.45, 7) is 6.68. The van der Waals surface area contributed by atoms with Gasteiger partial charge in [-0.1, -0.05) is 6.07 Å². The van der Waals surface area contributed by atoms with E-state index in [0.29, 0.717) is 17.7 Å². The van der Waals surface area contributed by atoms with Crippen molar-refractivity contribution in [3.8, 4) is 6.07 Å². The number of amides is 1. The lowest BCUT2D eigenvalue weighted by atomic mass is 9.89. The Morgan fingerprint density at radius 2 is 2.10 bits per heavy atom. The number of aromatic amines is 1. The van der Waals surface area contributed by atoms with Gasteiger partial charge in [0.05, 0.1) is 11.6 Å². The molecule has 5 nitrogen and oxygen atoms in total. The molecule has 1 aromatic heterocycles. The lowest BCUT2D eigenvalue weighted by Crippen LogP contribution is -2.39. The zero-order chi connectivity index (χ0) is 21.3. The van der Waals surface area contributed by atoms with Gasteiger partial charge in [0.15, 0.2) is 0 Å². The van der Waals surface area contributed by atoms with Crippen LogP contribution >= 0.6 is 0 Å². The predicted molar refractivity (Wildman–Crippen MR) is 116 cm³/mol. The average Bonchev–Trinajstić information content (AvgIpc) is 3.17. The van der Waals surface area contributed by atoms with Gasteiger partial charge in [0.2, 0.25) is 0 Å². The van der Waals surface area contributed by atoms with Gasteiger partial charge in [-0.25, -0.2) is 4.39 Å². The fourth-order valence-corrected chi connectivity index (χ4v) is 4.20. The largest absolute Gasteiger partial charge is 0.351 e. The monoisotopic (exact) mass is 404 g/mol. The van der Waals surface area contributed by atoms with Gasteiger partial charge < -0.3 is 15.2 Å². The standard InChI is InChI=1S/C24H25FN4O/c1-15(2)29-7-3-4-18(14-29)17-5-6-22-19(10-17)11-23(28-22)24(30)27-21-9-16(13-26)8-20(25)12-21/h5-6,8-12,15,18,28H,3-4,7,14H2,1-2H3,(H,27,30). The number of fused-ring (bicyclic) bond motifs is 1. The molecular weight excluding hydrogens is 379 g/mol. The van der Waals surface area contributed by atoms with Crippen molar-refractivity contribution in [3.63, 3.8) is 0 Å². The first kappa shape index (κ1) is 20.1. The summed E-state index contributed by atoms with van der Waals surface area (Å²) in [7, 11) is 0. The Bertz CT molecular complexity index is 1130. The second-order valence-electron chi connectivity index (χ2n) is 8.25. The maximum Gasteiger partial charge on any atom is 0.272 e. The zero-order valence-corrected chi connectivity index (χ0v) is 17.2. The highest BCUT2D eigenvalue weighted by Crippen LogP contribution is 2.30. The summed E-state index contributed by atoms with van der Waals surface area (Å²) in [5, 5.41) is 12.6. The third kappa shape index (κ3) is 4.22. The Morgan fingerprint density at radius 3 is 2.87 bits per heavy atom. The van der Waals surface area contributed by atoms with Crippen LogP contribution in [-0.2, 0) is 0 Å². The molecule has 0 aliphatic carbocycles. The molecule has 1 aliphatic heterocycles. The molecule has 2 N–H and O–H groups in total. The number of anilines is 1. The normalized spacial score (nSPS) is 17.2. The molecule has 1 atom stereocenters. The minimum Gasteiger partial charge on any atom is -0.351 e. The highest BCUT2D eigenvalue weighted by Gasteiger charge is 2.23. The van der Waals surface area contributed by atoms with Crippen molar-refractivity contribution in [2.24, 2.45) is 0 Å². The number of nitriles is 1. The van der Waals surface area contributed by atoms with Gasteiger partial charge in [-0.2, -0.15) is 5.26 Å². The molecule has 4 rings (SSSR count). The van der Waals surface area contributed by atoms with Crippen LogP contribution in [0.4, 0.5) is 10.1 Å². The number of H-pyrrole nitrogens is 1. The van der Waals surface area contributed by atoms with E-state index in [4.69, 9.17) is 5.26 Å². The Hall–Kier alpha value is -3.17. The van der Waals surface area contributed by atoms with Crippen LogP contribution in [0.2, 0.25) is 0 Å². The zero-order valence-electron chi connectivity index (χ0n) is 17.2. The molecule has 30 heavy (non-hydrogen) atoms. The van der Waals surface area contributed by atoms with Gasteiger partial charge >= 0.3 is 0 Å². The van der Waals surface area contributed by atoms with E-state index in [1.165, 1.54) is 30.5 Å². The summed E-state index contributed by atoms with van der Waals surface area (Å²) in [6, 6.07) is 14.4. The van der Waals surface area contributed by atoms with Crippen molar-refractivity contribution in [2.75, 3.05) is 18.4 Å². The van der Waals surface area contributed by atoms with Gasteiger partial charge in [0.25, 0.3) is 5.91 Å². The number of halogens is 1. The lowest BCUT2D eigenvalue weighted by molar-refractivity contribution is 0.102. The molecule has 1 amide bonds. The average molecular weight is 404 g/mol. The summed E-state index contributed by atoms with van der Waals surface area (Å²) in [6.07, 6.45) is 2.37. The number of hydrogen-bond acceptors (Lipinski definition) is 3. The van der Waals surface area contributed by atoms with Crippen molar-refractivity contribution in [1.82, 2.24) is 9.88 Å². The van der Waals surface area contributed by atoms with Crippen molar-refractivity contribution in [2.45, 2.75) is 38.6 Å². The molecule has 3 aromatic rings. The third-order valence-corrected chi connectivity index (χ3v) is 5.83. The van der Waals surface area contributed by atoms with Gasteiger partial charge in [0.1, 0.15) is 11.5 Å². The highest BCUT2D eigenvalue weighted by atomic mass is 19.1. The predicted octanol–water partition coefficient (Wildman–Crippen LogP) is 5.02. The number of aromatic nitrogens is 1. The maximum absolute atomic E-state index is 13.6. The fraction of sp³-hybridized carbons (Fsp3) is 0.333. The molecule has 1 aliphatic rings. The van der Waals surface area contributed by atoms with E-state index in [-0.39, 0.29) is 17.2 Å². The van der Waals surface area contributed by atoms with Gasteiger partial charge in [-0.3, -0.25) is 4.79 Å². The molecule has 1 unspecified atom stereocenters. The Labute approximate surface area is 175 Å². The molecule has 6 heteroatoms. The van der Waals surface area contributed by atoms with Crippen LogP contribution in [0.15, 0.2) is 42.5 Å². The molecule has 2 heterocycles. The first-order valence-electron chi connectivity index (χ1n) is 10.3. The number of nitrogens with zero attached hydrogens (tertiary/aromatic N) is 2. The highest BCUT2D eigenvalue weighted by molar-refractivity contribution is 6.06. The van der Waals surface area contributed by atoms with Crippen LogP contribution in [0.1, 0.15) is 54.2 Å². The molecule has 0 radical (unpaired) electrons. The molecule has 1 fully saturated rings. The third-order valence-electron chi connectivity index (χ3n) is 5.83. The van der Waals surface area contributed by atoms with Gasteiger partial charge in [-0.15, -0.1) is 0 Å². The summed E-state index contributed by atoms with van der Waals surface area (Å²) in [5.74, 6) is -0.436. The van der Waals surface area contributed by atoms with E-state index in [1.807, 2.05) is 18.2 Å². The van der Waals surface area contributed by atoms with Crippen LogP contribution in [0.25, 0.3) is 10.9 Å². The topological polar surface area (TPSA) is 71.9 Å². The molecule has 1 saturated heterocycles. The maximum atomic E-state index is 13.6. The summed E-state index contributed by atoms with van der Waals surface area (Å²) in [4.78, 5) is 18.3. The van der Waals surface area contributed by atoms with Gasteiger partial charge in [0, 0.05) is 29.2 Å². The number of hydrogen-bond donors (Lipinski definition) is 2. The van der Waals surface area contributed by atoms with Crippen LogP contribution in [-0.4, -0.2) is 34.9 Å². The molecule has 0 bridgehead atoms. The van der Waals surface area contributed by atoms with E-state index in [2.05, 4.69) is 41.2 Å². The number of piperidine rings is 1. The van der Waals surface area contributed by atoms with E-state index >= 15 is 0 Å². The smallest absolute Gasteiger partial charge is 0.272 e. The number of likely N-dealkylation sites (tertiary alicyclic amines) is 1. The number of carbonyl (C=O) groups is 1. The molecular formula is C24H25FN4O. The fourth-order valence-electron chi connectivity index (χ4n) is 4.20. The second-order valence-corrected chi connectivity index (χ2v) is 8.25. The molecule has 154 valence electrons. The van der Waals surface area contributed by atoms with E-state index in [0.717, 1.165) is 30.1 Å². The molecule has 0 spiro atoms.